The molecular formula is C14H22ClNO. The van der Waals surface area contributed by atoms with Crippen LogP contribution in [-0.4, -0.2) is 29.8 Å². The molecule has 0 aromatic rings. The molecular weight excluding hydrogens is 234 g/mol. The molecule has 0 aromatic heterocycles. The summed E-state index contributed by atoms with van der Waals surface area (Å²) in [6.07, 6.45) is 7.51. The fraction of sp³-hybridized carbons (Fsp3) is 0.929. The highest BCUT2D eigenvalue weighted by atomic mass is 35.5. The fourth-order valence-corrected chi connectivity index (χ4v) is 4.42. The van der Waals surface area contributed by atoms with Crippen molar-refractivity contribution in [3.8, 4) is 0 Å². The Bertz CT molecular complexity index is 307. The molecule has 2 aliphatic carbocycles. The molecule has 4 atom stereocenters. The first-order valence-electron chi connectivity index (χ1n) is 7.12. The average molecular weight is 256 g/mol. The SMILES string of the molecule is O=C(C1CC2CCC1C2)N1CCCC(CCl)C1. The quantitative estimate of drug-likeness (QED) is 0.695. The van der Waals surface area contributed by atoms with Gasteiger partial charge in [0.1, 0.15) is 0 Å². The Morgan fingerprint density at radius 3 is 2.76 bits per heavy atom. The largest absolute Gasteiger partial charge is 0.342 e. The van der Waals surface area contributed by atoms with Crippen LogP contribution in [0.25, 0.3) is 0 Å². The van der Waals surface area contributed by atoms with Crippen LogP contribution in [0.2, 0.25) is 0 Å². The van der Waals surface area contributed by atoms with Crippen molar-refractivity contribution in [1.29, 1.82) is 0 Å². The van der Waals surface area contributed by atoms with Gasteiger partial charge in [0.2, 0.25) is 5.91 Å². The Balaban J connectivity index is 1.62. The Kier molecular flexibility index (Phi) is 3.34. The summed E-state index contributed by atoms with van der Waals surface area (Å²) >= 11 is 5.94. The maximum atomic E-state index is 12.5. The number of halogens is 1. The first kappa shape index (κ1) is 11.8. The number of alkyl halides is 1. The molecule has 96 valence electrons. The van der Waals surface area contributed by atoms with Gasteiger partial charge in [-0.05, 0) is 49.9 Å². The Morgan fingerprint density at radius 2 is 2.12 bits per heavy atom. The third-order valence-electron chi connectivity index (χ3n) is 5.10. The summed E-state index contributed by atoms with van der Waals surface area (Å²) in [5.74, 6) is 3.63. The minimum absolute atomic E-state index is 0.364. The molecule has 1 heterocycles. The minimum atomic E-state index is 0.364. The lowest BCUT2D eigenvalue weighted by molar-refractivity contribution is -0.138. The summed E-state index contributed by atoms with van der Waals surface area (Å²) in [6.45, 7) is 1.89. The van der Waals surface area contributed by atoms with Crippen molar-refractivity contribution in [2.24, 2.45) is 23.7 Å². The van der Waals surface area contributed by atoms with Crippen molar-refractivity contribution in [3.63, 3.8) is 0 Å². The highest BCUT2D eigenvalue weighted by Crippen LogP contribution is 2.49. The van der Waals surface area contributed by atoms with Crippen LogP contribution in [0.1, 0.15) is 38.5 Å². The van der Waals surface area contributed by atoms with Gasteiger partial charge >= 0.3 is 0 Å². The van der Waals surface area contributed by atoms with Crippen LogP contribution in [-0.2, 0) is 4.79 Å². The number of rotatable bonds is 2. The third kappa shape index (κ3) is 2.21. The van der Waals surface area contributed by atoms with E-state index in [4.69, 9.17) is 11.6 Å². The summed E-state index contributed by atoms with van der Waals surface area (Å²) in [5, 5.41) is 0. The Hall–Kier alpha value is -0.240. The molecule has 1 aliphatic heterocycles. The van der Waals surface area contributed by atoms with Gasteiger partial charge in [-0.1, -0.05) is 6.42 Å². The van der Waals surface area contributed by atoms with E-state index in [0.717, 1.165) is 25.4 Å². The van der Waals surface area contributed by atoms with Gasteiger partial charge in [0.05, 0.1) is 0 Å². The third-order valence-corrected chi connectivity index (χ3v) is 5.54. The van der Waals surface area contributed by atoms with Crippen LogP contribution in [0, 0.1) is 23.7 Å². The molecule has 2 nitrogen and oxygen atoms in total. The standard InChI is InChI=1S/C14H22ClNO/c15-8-11-2-1-5-16(9-11)14(17)13-7-10-3-4-12(13)6-10/h10-13H,1-9H2. The van der Waals surface area contributed by atoms with Gasteiger partial charge in [-0.15, -0.1) is 11.6 Å². The van der Waals surface area contributed by atoms with Crippen LogP contribution in [0.3, 0.4) is 0 Å². The molecule has 3 aliphatic rings. The summed E-state index contributed by atoms with van der Waals surface area (Å²) in [7, 11) is 0. The topological polar surface area (TPSA) is 20.3 Å². The van der Waals surface area contributed by atoms with E-state index in [-0.39, 0.29) is 0 Å². The zero-order valence-corrected chi connectivity index (χ0v) is 11.2. The van der Waals surface area contributed by atoms with E-state index >= 15 is 0 Å². The molecule has 0 N–H and O–H groups in total. The monoisotopic (exact) mass is 255 g/mol. The molecule has 2 bridgehead atoms. The van der Waals surface area contributed by atoms with Crippen molar-refractivity contribution in [2.75, 3.05) is 19.0 Å². The number of likely N-dealkylation sites (tertiary alicyclic amines) is 1. The number of piperidine rings is 1. The predicted molar refractivity (Wildman–Crippen MR) is 69.0 cm³/mol. The predicted octanol–water partition coefficient (Wildman–Crippen LogP) is 2.90. The van der Waals surface area contributed by atoms with E-state index in [1.54, 1.807) is 0 Å². The van der Waals surface area contributed by atoms with Crippen LogP contribution < -0.4 is 0 Å². The number of carbonyl (C=O) groups is 1. The average Bonchev–Trinajstić information content (AvgIpc) is 3.00. The molecule has 1 saturated heterocycles. The first-order chi connectivity index (χ1) is 8.28. The number of hydrogen-bond acceptors (Lipinski definition) is 1. The zero-order chi connectivity index (χ0) is 11.8. The second-order valence-electron chi connectivity index (χ2n) is 6.23. The Morgan fingerprint density at radius 1 is 1.24 bits per heavy atom. The van der Waals surface area contributed by atoms with Crippen molar-refractivity contribution in [3.05, 3.63) is 0 Å². The molecule has 0 radical (unpaired) electrons. The van der Waals surface area contributed by atoms with E-state index in [0.29, 0.717) is 29.5 Å². The second kappa shape index (κ2) is 4.79. The number of carbonyl (C=O) groups excluding carboxylic acids is 1. The molecule has 0 spiro atoms. The van der Waals surface area contributed by atoms with Crippen LogP contribution in [0.15, 0.2) is 0 Å². The zero-order valence-electron chi connectivity index (χ0n) is 10.4. The Labute approximate surface area is 109 Å². The molecule has 0 aromatic carbocycles. The van der Waals surface area contributed by atoms with Crippen molar-refractivity contribution >= 4 is 17.5 Å². The fourth-order valence-electron chi connectivity index (χ4n) is 4.17. The van der Waals surface area contributed by atoms with Crippen LogP contribution >= 0.6 is 11.6 Å². The number of fused-ring (bicyclic) bond motifs is 2. The van der Waals surface area contributed by atoms with Gasteiger partial charge in [0.25, 0.3) is 0 Å². The lowest BCUT2D eigenvalue weighted by Gasteiger charge is -2.35. The first-order valence-corrected chi connectivity index (χ1v) is 7.66. The van der Waals surface area contributed by atoms with Gasteiger partial charge < -0.3 is 4.90 Å². The molecule has 3 heteroatoms. The van der Waals surface area contributed by atoms with Gasteiger partial charge in [-0.3, -0.25) is 4.79 Å². The number of amides is 1. The maximum absolute atomic E-state index is 12.5. The normalized spacial score (nSPS) is 40.9. The van der Waals surface area contributed by atoms with Gasteiger partial charge in [-0.25, -0.2) is 0 Å². The van der Waals surface area contributed by atoms with Gasteiger partial charge in [0.15, 0.2) is 0 Å². The molecule has 3 rings (SSSR count). The molecule has 2 saturated carbocycles. The molecule has 3 fully saturated rings. The smallest absolute Gasteiger partial charge is 0.225 e. The lowest BCUT2D eigenvalue weighted by Crippen LogP contribution is -2.44. The summed E-state index contributed by atoms with van der Waals surface area (Å²) in [6, 6.07) is 0. The molecule has 17 heavy (non-hydrogen) atoms. The van der Waals surface area contributed by atoms with Gasteiger partial charge in [0, 0.05) is 24.9 Å². The van der Waals surface area contributed by atoms with E-state index in [2.05, 4.69) is 4.90 Å². The van der Waals surface area contributed by atoms with Crippen molar-refractivity contribution in [1.82, 2.24) is 4.90 Å². The molecule has 1 amide bonds. The van der Waals surface area contributed by atoms with E-state index in [1.165, 1.54) is 32.1 Å². The van der Waals surface area contributed by atoms with Crippen LogP contribution in [0.4, 0.5) is 0 Å². The maximum Gasteiger partial charge on any atom is 0.225 e. The lowest BCUT2D eigenvalue weighted by atomic mass is 9.87. The van der Waals surface area contributed by atoms with Crippen LogP contribution in [0.5, 0.6) is 0 Å². The number of hydrogen-bond donors (Lipinski definition) is 0. The van der Waals surface area contributed by atoms with Crippen molar-refractivity contribution in [2.45, 2.75) is 38.5 Å². The van der Waals surface area contributed by atoms with Crippen molar-refractivity contribution < 1.29 is 4.79 Å². The number of nitrogens with zero attached hydrogens (tertiary/aromatic N) is 1. The summed E-state index contributed by atoms with van der Waals surface area (Å²) in [5.41, 5.74) is 0. The highest BCUT2D eigenvalue weighted by molar-refractivity contribution is 6.18. The van der Waals surface area contributed by atoms with E-state index in [9.17, 15) is 4.79 Å². The summed E-state index contributed by atoms with van der Waals surface area (Å²) in [4.78, 5) is 14.6. The molecule has 4 unspecified atom stereocenters. The van der Waals surface area contributed by atoms with E-state index < -0.39 is 0 Å². The van der Waals surface area contributed by atoms with E-state index in [1.807, 2.05) is 0 Å². The minimum Gasteiger partial charge on any atom is -0.342 e. The van der Waals surface area contributed by atoms with Gasteiger partial charge in [-0.2, -0.15) is 0 Å². The second-order valence-corrected chi connectivity index (χ2v) is 6.54. The highest BCUT2D eigenvalue weighted by Gasteiger charge is 2.44. The summed E-state index contributed by atoms with van der Waals surface area (Å²) < 4.78 is 0.